The third kappa shape index (κ3) is 3.22. The first kappa shape index (κ1) is 12.9. The molecule has 0 aliphatic heterocycles. The first-order chi connectivity index (χ1) is 8.06. The van der Waals surface area contributed by atoms with Crippen molar-refractivity contribution >= 4 is 34.5 Å². The quantitative estimate of drug-likeness (QED) is 0.917. The van der Waals surface area contributed by atoms with Gasteiger partial charge in [-0.1, -0.05) is 37.0 Å². The minimum atomic E-state index is 0.393. The van der Waals surface area contributed by atoms with Gasteiger partial charge in [0.1, 0.15) is 4.34 Å². The highest BCUT2D eigenvalue weighted by Crippen LogP contribution is 2.38. The predicted octanol–water partition coefficient (Wildman–Crippen LogP) is 4.21. The maximum absolute atomic E-state index is 6.05. The zero-order valence-corrected chi connectivity index (χ0v) is 11.8. The van der Waals surface area contributed by atoms with Gasteiger partial charge in [0.15, 0.2) is 5.76 Å². The third-order valence-electron chi connectivity index (χ3n) is 2.14. The average molecular weight is 291 g/mol. The molecule has 6 heteroatoms. The van der Waals surface area contributed by atoms with Crippen LogP contribution in [0.2, 0.25) is 8.67 Å². The van der Waals surface area contributed by atoms with Gasteiger partial charge in [-0.2, -0.15) is 0 Å². The zero-order valence-electron chi connectivity index (χ0n) is 9.46. The highest BCUT2D eigenvalue weighted by atomic mass is 35.5. The van der Waals surface area contributed by atoms with Gasteiger partial charge < -0.3 is 9.73 Å². The lowest BCUT2D eigenvalue weighted by Crippen LogP contribution is -2.21. The van der Waals surface area contributed by atoms with Crippen molar-refractivity contribution in [2.75, 3.05) is 0 Å². The monoisotopic (exact) mass is 290 g/mol. The molecule has 0 unspecified atom stereocenters. The van der Waals surface area contributed by atoms with Crippen molar-refractivity contribution in [1.29, 1.82) is 0 Å². The Morgan fingerprint density at radius 1 is 1.47 bits per heavy atom. The molecule has 3 nitrogen and oxygen atoms in total. The molecule has 17 heavy (non-hydrogen) atoms. The molecule has 0 bridgehead atoms. The fourth-order valence-electron chi connectivity index (χ4n) is 1.32. The number of rotatable bonds is 4. The molecule has 0 fully saturated rings. The molecule has 0 atom stereocenters. The Labute approximate surface area is 114 Å². The molecule has 1 N–H and O–H groups in total. The van der Waals surface area contributed by atoms with Gasteiger partial charge in [0.25, 0.3) is 0 Å². The van der Waals surface area contributed by atoms with Gasteiger partial charge in [0.05, 0.1) is 17.1 Å². The van der Waals surface area contributed by atoms with Crippen molar-refractivity contribution in [3.8, 4) is 11.3 Å². The maximum Gasteiger partial charge on any atom is 0.208 e. The Hall–Kier alpha value is -0.550. The van der Waals surface area contributed by atoms with Crippen LogP contribution < -0.4 is 5.32 Å². The summed E-state index contributed by atoms with van der Waals surface area (Å²) in [6.07, 6.45) is 1.67. The molecule has 92 valence electrons. The number of halogens is 2. The van der Waals surface area contributed by atoms with Gasteiger partial charge >= 0.3 is 0 Å². The van der Waals surface area contributed by atoms with Crippen LogP contribution in [0.25, 0.3) is 11.3 Å². The van der Waals surface area contributed by atoms with Gasteiger partial charge in [-0.05, 0) is 6.07 Å². The summed E-state index contributed by atoms with van der Waals surface area (Å²) in [6, 6.07) is 2.18. The maximum atomic E-state index is 6.05. The van der Waals surface area contributed by atoms with Crippen LogP contribution in [0, 0.1) is 0 Å². The lowest BCUT2D eigenvalue weighted by atomic mass is 10.3. The molecule has 0 aliphatic carbocycles. The average Bonchev–Trinajstić information content (AvgIpc) is 2.82. The van der Waals surface area contributed by atoms with Crippen molar-refractivity contribution < 1.29 is 4.42 Å². The van der Waals surface area contributed by atoms with Crippen molar-refractivity contribution in [3.63, 3.8) is 0 Å². The summed E-state index contributed by atoms with van der Waals surface area (Å²) in [5.74, 6) is 1.30. The molecular weight excluding hydrogens is 279 g/mol. The van der Waals surface area contributed by atoms with Crippen molar-refractivity contribution in [1.82, 2.24) is 10.3 Å². The van der Waals surface area contributed by atoms with Crippen molar-refractivity contribution in [2.24, 2.45) is 0 Å². The highest BCUT2D eigenvalue weighted by molar-refractivity contribution is 7.20. The van der Waals surface area contributed by atoms with Crippen molar-refractivity contribution in [3.05, 3.63) is 26.8 Å². The van der Waals surface area contributed by atoms with Gasteiger partial charge in [-0.25, -0.2) is 4.98 Å². The van der Waals surface area contributed by atoms with Crippen molar-refractivity contribution in [2.45, 2.75) is 26.4 Å². The van der Waals surface area contributed by atoms with E-state index in [1.807, 2.05) is 0 Å². The molecule has 2 heterocycles. The van der Waals surface area contributed by atoms with E-state index < -0.39 is 0 Å². The second-order valence-electron chi connectivity index (χ2n) is 3.89. The molecule has 2 aromatic rings. The second kappa shape index (κ2) is 5.40. The highest BCUT2D eigenvalue weighted by Gasteiger charge is 2.13. The van der Waals surface area contributed by atoms with Crippen LogP contribution in [0.4, 0.5) is 0 Å². The molecule has 0 saturated heterocycles. The minimum Gasteiger partial charge on any atom is -0.439 e. The normalized spacial score (nSPS) is 11.4. The minimum absolute atomic E-state index is 0.393. The summed E-state index contributed by atoms with van der Waals surface area (Å²) in [7, 11) is 0. The lowest BCUT2D eigenvalue weighted by molar-refractivity contribution is 0.459. The standard InChI is InChI=1S/C11H12Cl2N2OS/c1-6(2)14-5-10-15-4-8(16-10)7-3-9(12)17-11(7)13/h3-4,6,14H,5H2,1-2H3. The number of nitrogens with zero attached hydrogens (tertiary/aromatic N) is 1. The summed E-state index contributed by atoms with van der Waals surface area (Å²) in [4.78, 5) is 4.19. The van der Waals surface area contributed by atoms with E-state index in [1.54, 1.807) is 12.3 Å². The van der Waals surface area contributed by atoms with Crippen LogP contribution in [-0.2, 0) is 6.54 Å². The van der Waals surface area contributed by atoms with Gasteiger partial charge in [-0.3, -0.25) is 0 Å². The first-order valence-electron chi connectivity index (χ1n) is 5.19. The number of hydrogen-bond acceptors (Lipinski definition) is 4. The molecule has 2 rings (SSSR count). The number of hydrogen-bond donors (Lipinski definition) is 1. The number of thiophene rings is 1. The van der Waals surface area contributed by atoms with E-state index >= 15 is 0 Å². The molecule has 0 amide bonds. The zero-order chi connectivity index (χ0) is 12.4. The van der Waals surface area contributed by atoms with E-state index in [1.165, 1.54) is 11.3 Å². The Morgan fingerprint density at radius 3 is 2.82 bits per heavy atom. The largest absolute Gasteiger partial charge is 0.439 e. The van der Waals surface area contributed by atoms with Crippen LogP contribution in [0.3, 0.4) is 0 Å². The Morgan fingerprint density at radius 2 is 2.24 bits per heavy atom. The Bertz CT molecular complexity index is 507. The van der Waals surface area contributed by atoms with Gasteiger partial charge in [-0.15, -0.1) is 11.3 Å². The van der Waals surface area contributed by atoms with E-state index in [-0.39, 0.29) is 0 Å². The summed E-state index contributed by atoms with van der Waals surface area (Å²) in [6.45, 7) is 4.74. The molecule has 0 spiro atoms. The van der Waals surface area contributed by atoms with Crippen LogP contribution >= 0.6 is 34.5 Å². The van der Waals surface area contributed by atoms with Gasteiger partial charge in [0.2, 0.25) is 5.89 Å². The van der Waals surface area contributed by atoms with E-state index in [0.717, 1.165) is 5.56 Å². The fourth-order valence-corrected chi connectivity index (χ4v) is 2.79. The number of aromatic nitrogens is 1. The van der Waals surface area contributed by atoms with Crippen LogP contribution in [0.1, 0.15) is 19.7 Å². The first-order valence-corrected chi connectivity index (χ1v) is 6.77. The van der Waals surface area contributed by atoms with Crippen LogP contribution in [0.5, 0.6) is 0 Å². The molecule has 0 radical (unpaired) electrons. The molecule has 2 aromatic heterocycles. The fraction of sp³-hybridized carbons (Fsp3) is 0.364. The topological polar surface area (TPSA) is 38.1 Å². The molecule has 0 saturated carbocycles. The summed E-state index contributed by atoms with van der Waals surface area (Å²) < 4.78 is 6.87. The van der Waals surface area contributed by atoms with E-state index in [9.17, 15) is 0 Å². The Balaban J connectivity index is 2.15. The smallest absolute Gasteiger partial charge is 0.208 e. The third-order valence-corrected chi connectivity index (χ3v) is 3.62. The predicted molar refractivity (Wildman–Crippen MR) is 71.8 cm³/mol. The van der Waals surface area contributed by atoms with Crippen LogP contribution in [-0.4, -0.2) is 11.0 Å². The summed E-state index contributed by atoms with van der Waals surface area (Å²) >= 11 is 13.3. The molecule has 0 aromatic carbocycles. The van der Waals surface area contributed by atoms with Crippen LogP contribution in [0.15, 0.2) is 16.7 Å². The van der Waals surface area contributed by atoms with Gasteiger partial charge in [0, 0.05) is 11.6 Å². The summed E-state index contributed by atoms with van der Waals surface area (Å²) in [5.41, 5.74) is 0.796. The molecular formula is C11H12Cl2N2OS. The lowest BCUT2D eigenvalue weighted by Gasteiger charge is -2.03. The Kier molecular flexibility index (Phi) is 4.09. The van der Waals surface area contributed by atoms with E-state index in [0.29, 0.717) is 32.9 Å². The molecule has 0 aliphatic rings. The van der Waals surface area contributed by atoms with E-state index in [4.69, 9.17) is 27.6 Å². The SMILES string of the molecule is CC(C)NCc1ncc(-c2cc(Cl)sc2Cl)o1. The number of oxazole rings is 1. The summed E-state index contributed by atoms with van der Waals surface area (Å²) in [5, 5.41) is 3.23. The number of nitrogens with one attached hydrogen (secondary N) is 1. The van der Waals surface area contributed by atoms with E-state index in [2.05, 4.69) is 24.1 Å². The second-order valence-corrected chi connectivity index (χ2v) is 6.18.